The summed E-state index contributed by atoms with van der Waals surface area (Å²) in [5, 5.41) is 2.57. The molecule has 1 aliphatic rings. The van der Waals surface area contributed by atoms with Gasteiger partial charge in [0.25, 0.3) is 10.1 Å². The first-order chi connectivity index (χ1) is 15.2. The van der Waals surface area contributed by atoms with Gasteiger partial charge in [0, 0.05) is 4.47 Å². The van der Waals surface area contributed by atoms with Crippen LogP contribution in [0.1, 0.15) is 24.8 Å². The lowest BCUT2D eigenvalue weighted by Crippen LogP contribution is -2.40. The predicted molar refractivity (Wildman–Crippen MR) is 118 cm³/mol. The van der Waals surface area contributed by atoms with E-state index in [1.165, 1.54) is 12.1 Å². The van der Waals surface area contributed by atoms with E-state index in [1.54, 1.807) is 36.4 Å². The predicted octanol–water partition coefficient (Wildman–Crippen LogP) is 4.93. The van der Waals surface area contributed by atoms with Crippen LogP contribution in [0.15, 0.2) is 64.0 Å². The molecule has 0 aliphatic heterocycles. The number of ether oxygens (including phenoxy) is 1. The molecule has 32 heavy (non-hydrogen) atoms. The van der Waals surface area contributed by atoms with Crippen molar-refractivity contribution in [2.24, 2.45) is 5.92 Å². The number of alkyl carbamates (subject to hydrolysis) is 1. The molecule has 1 N–H and O–H groups in total. The third-order valence-corrected chi connectivity index (χ3v) is 7.01. The maximum atomic E-state index is 13.6. The normalized spacial score (nSPS) is 21.8. The van der Waals surface area contributed by atoms with Crippen LogP contribution in [0.5, 0.6) is 0 Å². The molecule has 1 saturated carbocycles. The molecule has 0 radical (unpaired) electrons. The van der Waals surface area contributed by atoms with Gasteiger partial charge in [-0.3, -0.25) is 4.18 Å². The molecule has 0 saturated heterocycles. The van der Waals surface area contributed by atoms with E-state index in [-0.39, 0.29) is 43.3 Å². The minimum Gasteiger partial charge on any atom is -0.445 e. The number of alkyl halides is 2. The van der Waals surface area contributed by atoms with Crippen LogP contribution in [-0.4, -0.2) is 39.5 Å². The summed E-state index contributed by atoms with van der Waals surface area (Å²) in [4.78, 5) is 12.2. The van der Waals surface area contributed by atoms with Gasteiger partial charge in [0.2, 0.25) is 0 Å². The topological polar surface area (TPSA) is 81.7 Å². The molecule has 3 rings (SSSR count). The van der Waals surface area contributed by atoms with Crippen LogP contribution in [0.2, 0.25) is 0 Å². The van der Waals surface area contributed by atoms with Gasteiger partial charge in [-0.15, -0.1) is 0 Å². The number of carbonyl (C=O) groups is 1. The van der Waals surface area contributed by atoms with Gasteiger partial charge in [0.1, 0.15) is 19.0 Å². The van der Waals surface area contributed by atoms with Gasteiger partial charge in [-0.05, 0) is 55.0 Å². The largest absolute Gasteiger partial charge is 0.445 e. The third-order valence-electron chi connectivity index (χ3n) is 5.19. The molecule has 1 amide bonds. The van der Waals surface area contributed by atoms with E-state index in [0.717, 1.165) is 5.56 Å². The van der Waals surface area contributed by atoms with Crippen LogP contribution >= 0.6 is 15.9 Å². The molecule has 10 heteroatoms. The Morgan fingerprint density at radius 1 is 1.06 bits per heavy atom. The van der Waals surface area contributed by atoms with Gasteiger partial charge >= 0.3 is 6.09 Å². The van der Waals surface area contributed by atoms with E-state index >= 15 is 0 Å². The number of hydrogen-bond donors (Lipinski definition) is 1. The van der Waals surface area contributed by atoms with Crippen LogP contribution in [0.25, 0.3) is 0 Å². The number of benzene rings is 2. The van der Waals surface area contributed by atoms with Crippen molar-refractivity contribution >= 4 is 32.1 Å². The van der Waals surface area contributed by atoms with Crippen LogP contribution in [0, 0.1) is 5.92 Å². The number of carbonyl (C=O) groups excluding carboxylic acids is 1. The molecule has 2 aromatic carbocycles. The van der Waals surface area contributed by atoms with Crippen molar-refractivity contribution in [1.82, 2.24) is 5.32 Å². The second-order valence-corrected chi connectivity index (χ2v) is 10.2. The maximum absolute atomic E-state index is 13.6. The Kier molecular flexibility index (Phi) is 8.61. The fraction of sp³-hybridized carbons (Fsp3) is 0.409. The smallest absolute Gasteiger partial charge is 0.407 e. The monoisotopic (exact) mass is 531 g/mol. The average Bonchev–Trinajstić information content (AvgIpc) is 3.08. The van der Waals surface area contributed by atoms with E-state index in [2.05, 4.69) is 21.2 Å². The van der Waals surface area contributed by atoms with Gasteiger partial charge in [-0.2, -0.15) is 8.42 Å². The average molecular weight is 532 g/mol. The SMILES string of the molecule is O=C(N[C@H](COS(=O)(=O)c1ccc(Br)cc1)CC1C[C@@H](F)[C@@H](F)C1)OCc1ccccc1. The molecule has 2 aromatic rings. The second-order valence-electron chi connectivity index (χ2n) is 7.70. The molecule has 0 spiro atoms. The van der Waals surface area contributed by atoms with Gasteiger partial charge in [-0.1, -0.05) is 46.3 Å². The van der Waals surface area contributed by atoms with Gasteiger partial charge in [0.05, 0.1) is 17.5 Å². The third kappa shape index (κ3) is 7.25. The first-order valence-electron chi connectivity index (χ1n) is 10.1. The second kappa shape index (κ2) is 11.2. The van der Waals surface area contributed by atoms with Crippen molar-refractivity contribution < 1.29 is 30.9 Å². The molecule has 0 aromatic heterocycles. The van der Waals surface area contributed by atoms with E-state index in [9.17, 15) is 22.0 Å². The first kappa shape index (κ1) is 24.6. The minimum atomic E-state index is -4.08. The van der Waals surface area contributed by atoms with E-state index in [4.69, 9.17) is 8.92 Å². The van der Waals surface area contributed by atoms with E-state index < -0.39 is 34.6 Å². The van der Waals surface area contributed by atoms with Crippen LogP contribution < -0.4 is 5.32 Å². The summed E-state index contributed by atoms with van der Waals surface area (Å²) >= 11 is 3.23. The molecular weight excluding hydrogens is 508 g/mol. The fourth-order valence-electron chi connectivity index (χ4n) is 3.56. The number of amides is 1. The Hall–Kier alpha value is -2.04. The molecule has 174 valence electrons. The first-order valence-corrected chi connectivity index (χ1v) is 12.3. The van der Waals surface area contributed by atoms with Crippen molar-refractivity contribution in [2.75, 3.05) is 6.61 Å². The van der Waals surface area contributed by atoms with Crippen molar-refractivity contribution in [3.63, 3.8) is 0 Å². The lowest BCUT2D eigenvalue weighted by molar-refractivity contribution is 0.128. The molecule has 0 bridgehead atoms. The Morgan fingerprint density at radius 3 is 2.31 bits per heavy atom. The van der Waals surface area contributed by atoms with Gasteiger partial charge < -0.3 is 10.1 Å². The summed E-state index contributed by atoms with van der Waals surface area (Å²) in [6.07, 6.45) is -3.70. The van der Waals surface area contributed by atoms with Crippen LogP contribution in [0.3, 0.4) is 0 Å². The summed E-state index contributed by atoms with van der Waals surface area (Å²) in [5.41, 5.74) is 0.782. The zero-order valence-electron chi connectivity index (χ0n) is 17.1. The minimum absolute atomic E-state index is 0.0118. The molecule has 4 atom stereocenters. The number of nitrogens with one attached hydrogen (secondary N) is 1. The van der Waals surface area contributed by atoms with Gasteiger partial charge in [0.15, 0.2) is 0 Å². The molecule has 1 fully saturated rings. The van der Waals surface area contributed by atoms with E-state index in [1.807, 2.05) is 6.07 Å². The zero-order valence-corrected chi connectivity index (χ0v) is 19.5. The Morgan fingerprint density at radius 2 is 1.69 bits per heavy atom. The van der Waals surface area contributed by atoms with Crippen molar-refractivity contribution in [3.05, 3.63) is 64.6 Å². The summed E-state index contributed by atoms with van der Waals surface area (Å²) in [6.45, 7) is -0.358. The fourth-order valence-corrected chi connectivity index (χ4v) is 4.78. The van der Waals surface area contributed by atoms with Crippen molar-refractivity contribution in [2.45, 2.75) is 49.2 Å². The lowest BCUT2D eigenvalue weighted by atomic mass is 9.99. The van der Waals surface area contributed by atoms with Crippen molar-refractivity contribution in [1.29, 1.82) is 0 Å². The Balaban J connectivity index is 1.61. The molecule has 0 heterocycles. The van der Waals surface area contributed by atoms with Crippen LogP contribution in [-0.2, 0) is 25.6 Å². The molecular formula is C22H24BrF2NO5S. The standard InChI is InChI=1S/C22H24BrF2NO5S/c23-17-6-8-19(9-7-17)32(28,29)31-14-18(10-16-11-20(24)21(25)12-16)26-22(27)30-13-15-4-2-1-3-5-15/h1-9,16,18,20-21H,10-14H2,(H,26,27)/t16?,18-,20-,21+/m0/s1. The number of halogens is 3. The quantitative estimate of drug-likeness (QED) is 0.464. The Labute approximate surface area is 194 Å². The summed E-state index contributed by atoms with van der Waals surface area (Å²) in [6, 6.07) is 14.1. The lowest BCUT2D eigenvalue weighted by Gasteiger charge is -2.21. The summed E-state index contributed by atoms with van der Waals surface area (Å²) in [5.74, 6) is -0.349. The highest BCUT2D eigenvalue weighted by Gasteiger charge is 2.36. The summed E-state index contributed by atoms with van der Waals surface area (Å²) < 4.78 is 63.2. The maximum Gasteiger partial charge on any atom is 0.407 e. The molecule has 1 unspecified atom stereocenters. The van der Waals surface area contributed by atoms with E-state index in [0.29, 0.717) is 4.47 Å². The van der Waals surface area contributed by atoms with Crippen molar-refractivity contribution in [3.8, 4) is 0 Å². The number of hydrogen-bond acceptors (Lipinski definition) is 5. The summed E-state index contributed by atoms with van der Waals surface area (Å²) in [7, 11) is -4.08. The Bertz CT molecular complexity index is 981. The number of rotatable bonds is 9. The highest BCUT2D eigenvalue weighted by molar-refractivity contribution is 9.10. The van der Waals surface area contributed by atoms with Crippen LogP contribution in [0.4, 0.5) is 13.6 Å². The highest BCUT2D eigenvalue weighted by Crippen LogP contribution is 2.34. The molecule has 1 aliphatic carbocycles. The molecule has 6 nitrogen and oxygen atoms in total. The van der Waals surface area contributed by atoms with Gasteiger partial charge in [-0.25, -0.2) is 13.6 Å². The zero-order chi connectivity index (χ0) is 23.1. The highest BCUT2D eigenvalue weighted by atomic mass is 79.9.